The van der Waals surface area contributed by atoms with Crippen LogP contribution in [0.3, 0.4) is 0 Å². The number of pyridine rings is 1. The molecule has 0 radical (unpaired) electrons. The summed E-state index contributed by atoms with van der Waals surface area (Å²) in [4.78, 5) is 6.89. The zero-order valence-corrected chi connectivity index (χ0v) is 10.6. The summed E-state index contributed by atoms with van der Waals surface area (Å²) in [5, 5.41) is 9.82. The summed E-state index contributed by atoms with van der Waals surface area (Å²) in [7, 11) is 0. The number of piperidine rings is 1. The zero-order valence-electron chi connectivity index (χ0n) is 10.6. The maximum atomic E-state index is 9.82. The molecule has 98 valence electrons. The van der Waals surface area contributed by atoms with Crippen LogP contribution in [0.5, 0.6) is 0 Å². The van der Waals surface area contributed by atoms with Crippen LogP contribution in [0.25, 0.3) is 0 Å². The van der Waals surface area contributed by atoms with Crippen molar-refractivity contribution in [2.24, 2.45) is 5.73 Å². The second kappa shape index (κ2) is 4.96. The second-order valence-electron chi connectivity index (χ2n) is 5.50. The Kier molecular flexibility index (Phi) is 3.33. The van der Waals surface area contributed by atoms with Crippen molar-refractivity contribution in [2.45, 2.75) is 57.0 Å². The first-order valence-electron chi connectivity index (χ1n) is 6.84. The smallest absolute Gasteiger partial charge is 0.0584 e. The molecule has 1 aromatic heterocycles. The maximum Gasteiger partial charge on any atom is 0.0584 e. The first kappa shape index (κ1) is 12.1. The van der Waals surface area contributed by atoms with Crippen molar-refractivity contribution >= 4 is 0 Å². The van der Waals surface area contributed by atoms with Gasteiger partial charge in [0.2, 0.25) is 0 Å². The predicted molar refractivity (Wildman–Crippen MR) is 69.7 cm³/mol. The van der Waals surface area contributed by atoms with Crippen molar-refractivity contribution in [3.63, 3.8) is 0 Å². The van der Waals surface area contributed by atoms with Crippen LogP contribution in [0, 0.1) is 0 Å². The predicted octanol–water partition coefficient (Wildman–Crippen LogP) is 1.03. The fourth-order valence-electron chi connectivity index (χ4n) is 3.50. The van der Waals surface area contributed by atoms with Gasteiger partial charge in [0.1, 0.15) is 0 Å². The third-order valence-corrected chi connectivity index (χ3v) is 4.39. The van der Waals surface area contributed by atoms with E-state index < -0.39 is 0 Å². The molecule has 3 rings (SSSR count). The minimum Gasteiger partial charge on any atom is -0.393 e. The molecule has 18 heavy (non-hydrogen) atoms. The van der Waals surface area contributed by atoms with Crippen LogP contribution in [0.15, 0.2) is 18.3 Å². The van der Waals surface area contributed by atoms with Gasteiger partial charge in [-0.15, -0.1) is 0 Å². The average molecular weight is 247 g/mol. The third-order valence-electron chi connectivity index (χ3n) is 4.39. The Bertz CT molecular complexity index is 409. The van der Waals surface area contributed by atoms with Crippen molar-refractivity contribution in [2.75, 3.05) is 0 Å². The van der Waals surface area contributed by atoms with E-state index in [0.29, 0.717) is 18.6 Å². The van der Waals surface area contributed by atoms with Crippen molar-refractivity contribution in [1.29, 1.82) is 0 Å². The molecule has 0 aromatic carbocycles. The van der Waals surface area contributed by atoms with Crippen LogP contribution in [0.4, 0.5) is 0 Å². The first-order valence-corrected chi connectivity index (χ1v) is 6.84. The topological polar surface area (TPSA) is 62.4 Å². The standard InChI is InChI=1S/C14H21N3O/c15-8-14-10(2-1-5-16-14)9-17-11-3-4-12(17)7-13(18)6-11/h1-2,5,11-13,18H,3-4,6-9,15H2. The van der Waals surface area contributed by atoms with Gasteiger partial charge in [-0.3, -0.25) is 9.88 Å². The van der Waals surface area contributed by atoms with Crippen LogP contribution >= 0.6 is 0 Å². The largest absolute Gasteiger partial charge is 0.393 e. The highest BCUT2D eigenvalue weighted by molar-refractivity contribution is 5.20. The van der Waals surface area contributed by atoms with Gasteiger partial charge < -0.3 is 10.8 Å². The van der Waals surface area contributed by atoms with Crippen LogP contribution in [-0.2, 0) is 13.1 Å². The molecule has 0 aliphatic carbocycles. The number of nitrogens with two attached hydrogens (primary N) is 1. The molecule has 2 unspecified atom stereocenters. The molecule has 0 saturated carbocycles. The van der Waals surface area contributed by atoms with Gasteiger partial charge in [0.15, 0.2) is 0 Å². The number of hydrogen-bond acceptors (Lipinski definition) is 4. The average Bonchev–Trinajstić information content (AvgIpc) is 2.62. The highest BCUT2D eigenvalue weighted by Gasteiger charge is 2.40. The molecule has 3 N–H and O–H groups in total. The summed E-state index contributed by atoms with van der Waals surface area (Å²) in [6, 6.07) is 5.20. The number of aliphatic hydroxyl groups is 1. The van der Waals surface area contributed by atoms with Gasteiger partial charge in [-0.05, 0) is 37.3 Å². The van der Waals surface area contributed by atoms with E-state index >= 15 is 0 Å². The molecule has 3 heterocycles. The first-order chi connectivity index (χ1) is 8.78. The van der Waals surface area contributed by atoms with E-state index in [1.165, 1.54) is 18.4 Å². The molecule has 2 bridgehead atoms. The molecule has 2 fully saturated rings. The number of rotatable bonds is 3. The van der Waals surface area contributed by atoms with E-state index in [-0.39, 0.29) is 6.10 Å². The number of nitrogens with zero attached hydrogens (tertiary/aromatic N) is 2. The molecule has 2 atom stereocenters. The Morgan fingerprint density at radius 2 is 2.06 bits per heavy atom. The molecule has 1 aromatic rings. The van der Waals surface area contributed by atoms with E-state index in [0.717, 1.165) is 25.1 Å². The maximum absolute atomic E-state index is 9.82. The Morgan fingerprint density at radius 3 is 2.72 bits per heavy atom. The Balaban J connectivity index is 1.77. The normalized spacial score (nSPS) is 31.8. The highest BCUT2D eigenvalue weighted by Crippen LogP contribution is 2.36. The second-order valence-corrected chi connectivity index (χ2v) is 5.50. The summed E-state index contributed by atoms with van der Waals surface area (Å²) in [6.45, 7) is 1.43. The zero-order chi connectivity index (χ0) is 12.5. The fourth-order valence-corrected chi connectivity index (χ4v) is 3.50. The molecule has 2 aliphatic rings. The van der Waals surface area contributed by atoms with Gasteiger partial charge >= 0.3 is 0 Å². The number of aliphatic hydroxyl groups excluding tert-OH is 1. The monoisotopic (exact) mass is 247 g/mol. The minimum atomic E-state index is -0.0957. The molecule has 4 heteroatoms. The summed E-state index contributed by atoms with van der Waals surface area (Å²) < 4.78 is 0. The van der Waals surface area contributed by atoms with Crippen LogP contribution < -0.4 is 5.73 Å². The van der Waals surface area contributed by atoms with E-state index in [4.69, 9.17) is 5.73 Å². The van der Waals surface area contributed by atoms with E-state index in [9.17, 15) is 5.11 Å². The van der Waals surface area contributed by atoms with Crippen molar-refractivity contribution in [3.05, 3.63) is 29.6 Å². The molecule has 2 saturated heterocycles. The van der Waals surface area contributed by atoms with Gasteiger partial charge in [0.25, 0.3) is 0 Å². The van der Waals surface area contributed by atoms with Crippen molar-refractivity contribution in [3.8, 4) is 0 Å². The van der Waals surface area contributed by atoms with Crippen LogP contribution in [0.1, 0.15) is 36.9 Å². The van der Waals surface area contributed by atoms with Gasteiger partial charge in [0.05, 0.1) is 11.8 Å². The van der Waals surface area contributed by atoms with Crippen LogP contribution in [0.2, 0.25) is 0 Å². The number of aromatic nitrogens is 1. The molecular weight excluding hydrogens is 226 g/mol. The summed E-state index contributed by atoms with van der Waals surface area (Å²) >= 11 is 0. The summed E-state index contributed by atoms with van der Waals surface area (Å²) in [5.74, 6) is 0. The SMILES string of the molecule is NCc1ncccc1CN1C2CCC1CC(O)C2. The lowest BCUT2D eigenvalue weighted by molar-refractivity contribution is 0.0308. The summed E-state index contributed by atoms with van der Waals surface area (Å²) in [5.41, 5.74) is 7.99. The van der Waals surface area contributed by atoms with Gasteiger partial charge in [0, 0.05) is 31.4 Å². The molecule has 0 amide bonds. The molecule has 0 spiro atoms. The summed E-state index contributed by atoms with van der Waals surface area (Å²) in [6.07, 6.45) is 6.01. The Morgan fingerprint density at radius 1 is 1.33 bits per heavy atom. The Hall–Kier alpha value is -0.970. The lowest BCUT2D eigenvalue weighted by atomic mass is 9.99. The minimum absolute atomic E-state index is 0.0957. The van der Waals surface area contributed by atoms with E-state index in [2.05, 4.69) is 16.0 Å². The van der Waals surface area contributed by atoms with Crippen molar-refractivity contribution in [1.82, 2.24) is 9.88 Å². The third kappa shape index (κ3) is 2.16. The Labute approximate surface area is 108 Å². The molecule has 2 aliphatic heterocycles. The fraction of sp³-hybridized carbons (Fsp3) is 0.643. The number of fused-ring (bicyclic) bond motifs is 2. The van der Waals surface area contributed by atoms with E-state index in [1.54, 1.807) is 6.20 Å². The molecular formula is C14H21N3O. The highest BCUT2D eigenvalue weighted by atomic mass is 16.3. The van der Waals surface area contributed by atoms with Gasteiger partial charge in [-0.25, -0.2) is 0 Å². The quantitative estimate of drug-likeness (QED) is 0.837. The van der Waals surface area contributed by atoms with Gasteiger partial charge in [-0.1, -0.05) is 6.07 Å². The van der Waals surface area contributed by atoms with Crippen molar-refractivity contribution < 1.29 is 5.11 Å². The van der Waals surface area contributed by atoms with Crippen LogP contribution in [-0.4, -0.2) is 33.2 Å². The van der Waals surface area contributed by atoms with E-state index in [1.807, 2.05) is 6.07 Å². The lowest BCUT2D eigenvalue weighted by Gasteiger charge is -2.37. The van der Waals surface area contributed by atoms with Gasteiger partial charge in [-0.2, -0.15) is 0 Å². The number of hydrogen-bond donors (Lipinski definition) is 2. The lowest BCUT2D eigenvalue weighted by Crippen LogP contribution is -2.44. The molecule has 4 nitrogen and oxygen atoms in total.